The van der Waals surface area contributed by atoms with Gasteiger partial charge in [-0.15, -0.1) is 0 Å². The summed E-state index contributed by atoms with van der Waals surface area (Å²) in [5.41, 5.74) is 1.62. The first-order chi connectivity index (χ1) is 17.8. The third-order valence-electron chi connectivity index (χ3n) is 7.22. The van der Waals surface area contributed by atoms with Gasteiger partial charge in [-0.25, -0.2) is 4.79 Å². The predicted molar refractivity (Wildman–Crippen MR) is 142 cm³/mol. The first-order valence-corrected chi connectivity index (χ1v) is 13.5. The molecule has 0 spiro atoms. The van der Waals surface area contributed by atoms with Gasteiger partial charge in [0, 0.05) is 71.6 Å². The second kappa shape index (κ2) is 14.5. The lowest BCUT2D eigenvalue weighted by Gasteiger charge is -2.32. The van der Waals surface area contributed by atoms with Crippen LogP contribution >= 0.6 is 0 Å². The number of aryl methyl sites for hydroxylation is 1. The smallest absolute Gasteiger partial charge is 0.409 e. The van der Waals surface area contributed by atoms with Crippen LogP contribution in [0.4, 0.5) is 4.79 Å². The van der Waals surface area contributed by atoms with E-state index in [1.54, 1.807) is 19.1 Å². The van der Waals surface area contributed by atoms with Crippen molar-refractivity contribution in [2.45, 2.75) is 52.2 Å². The van der Waals surface area contributed by atoms with Crippen molar-refractivity contribution in [3.63, 3.8) is 0 Å². The molecule has 1 aromatic rings. The topological polar surface area (TPSA) is 89.6 Å². The summed E-state index contributed by atoms with van der Waals surface area (Å²) < 4.78 is 22.0. The third-order valence-corrected chi connectivity index (χ3v) is 7.22. The molecule has 9 heteroatoms. The summed E-state index contributed by atoms with van der Waals surface area (Å²) in [5.74, 6) is 1.18. The molecule has 208 valence electrons. The van der Waals surface area contributed by atoms with E-state index in [1.807, 2.05) is 43.9 Å². The minimum absolute atomic E-state index is 0.00767. The molecule has 1 aromatic carbocycles. The normalized spacial score (nSPS) is 21.3. The van der Waals surface area contributed by atoms with Gasteiger partial charge in [0.1, 0.15) is 12.4 Å². The summed E-state index contributed by atoms with van der Waals surface area (Å²) in [4.78, 5) is 29.7. The third kappa shape index (κ3) is 8.58. The van der Waals surface area contributed by atoms with Gasteiger partial charge in [0.05, 0.1) is 12.7 Å². The Labute approximate surface area is 221 Å². The number of carbonyl (C=O) groups excluding carboxylic acids is 2. The van der Waals surface area contributed by atoms with Crippen LogP contribution in [-0.4, -0.2) is 101 Å². The van der Waals surface area contributed by atoms with E-state index in [9.17, 15) is 9.59 Å². The van der Waals surface area contributed by atoms with Crippen molar-refractivity contribution in [1.82, 2.24) is 15.1 Å². The van der Waals surface area contributed by atoms with E-state index >= 15 is 0 Å². The van der Waals surface area contributed by atoms with E-state index in [2.05, 4.69) is 5.32 Å². The van der Waals surface area contributed by atoms with Gasteiger partial charge in [-0.3, -0.25) is 4.79 Å². The number of methoxy groups -OCH3 is 1. The lowest BCUT2D eigenvalue weighted by atomic mass is 9.94. The van der Waals surface area contributed by atoms with Crippen LogP contribution in [0.5, 0.6) is 5.75 Å². The molecule has 9 nitrogen and oxygen atoms in total. The van der Waals surface area contributed by atoms with Crippen molar-refractivity contribution < 1.29 is 28.5 Å². The maximum absolute atomic E-state index is 13.6. The second-order valence-electron chi connectivity index (χ2n) is 10.5. The molecular formula is C28H45N3O6. The molecule has 0 saturated carbocycles. The summed E-state index contributed by atoms with van der Waals surface area (Å²) in [7, 11) is 3.45. The molecule has 2 fully saturated rings. The lowest BCUT2D eigenvalue weighted by Crippen LogP contribution is -2.44. The minimum Gasteiger partial charge on any atom is -0.493 e. The Kier molecular flexibility index (Phi) is 11.5. The molecule has 3 atom stereocenters. The Bertz CT molecular complexity index is 873. The second-order valence-corrected chi connectivity index (χ2v) is 10.5. The van der Waals surface area contributed by atoms with E-state index in [4.69, 9.17) is 18.9 Å². The van der Waals surface area contributed by atoms with Crippen LogP contribution in [0.2, 0.25) is 0 Å². The molecule has 0 aliphatic carbocycles. The monoisotopic (exact) mass is 519 g/mol. The zero-order valence-corrected chi connectivity index (χ0v) is 23.2. The molecule has 2 heterocycles. The van der Waals surface area contributed by atoms with Crippen LogP contribution < -0.4 is 10.1 Å². The zero-order chi connectivity index (χ0) is 26.8. The molecule has 2 saturated heterocycles. The van der Waals surface area contributed by atoms with Crippen molar-refractivity contribution in [2.24, 2.45) is 11.8 Å². The highest BCUT2D eigenvalue weighted by Gasteiger charge is 2.33. The highest BCUT2D eigenvalue weighted by molar-refractivity contribution is 5.95. The number of carbonyl (C=O) groups is 2. The van der Waals surface area contributed by atoms with E-state index in [0.29, 0.717) is 38.5 Å². The quantitative estimate of drug-likeness (QED) is 0.400. The van der Waals surface area contributed by atoms with Gasteiger partial charge in [0.2, 0.25) is 0 Å². The predicted octanol–water partition coefficient (Wildman–Crippen LogP) is 3.34. The fourth-order valence-electron chi connectivity index (χ4n) is 4.91. The maximum atomic E-state index is 13.6. The summed E-state index contributed by atoms with van der Waals surface area (Å²) in [6.07, 6.45) is 2.44. The Hall–Kier alpha value is -2.36. The van der Waals surface area contributed by atoms with Crippen LogP contribution in [0.1, 0.15) is 49.0 Å². The first-order valence-electron chi connectivity index (χ1n) is 13.5. The van der Waals surface area contributed by atoms with E-state index in [0.717, 1.165) is 50.3 Å². The Morgan fingerprint density at radius 3 is 2.59 bits per heavy atom. The van der Waals surface area contributed by atoms with Crippen molar-refractivity contribution in [3.8, 4) is 5.75 Å². The van der Waals surface area contributed by atoms with Gasteiger partial charge in [0.25, 0.3) is 5.91 Å². The fourth-order valence-corrected chi connectivity index (χ4v) is 4.91. The molecule has 0 radical (unpaired) electrons. The molecule has 2 aliphatic heterocycles. The SMILES string of the molecule is COCCCOc1cc(C(=O)N(C[C@@H]2CNC[C@H]2CN(C)C(=O)OC[C@H]2CCCO2)C(C)C)ccc1C. The van der Waals surface area contributed by atoms with Crippen LogP contribution in [0.25, 0.3) is 0 Å². The van der Waals surface area contributed by atoms with E-state index in [1.165, 1.54) is 0 Å². The van der Waals surface area contributed by atoms with Crippen molar-refractivity contribution in [3.05, 3.63) is 29.3 Å². The Balaban J connectivity index is 1.58. The average Bonchev–Trinajstić information content (AvgIpc) is 3.56. The molecule has 0 unspecified atom stereocenters. The molecular weight excluding hydrogens is 474 g/mol. The molecule has 3 rings (SSSR count). The highest BCUT2D eigenvalue weighted by Crippen LogP contribution is 2.25. The maximum Gasteiger partial charge on any atom is 0.409 e. The van der Waals surface area contributed by atoms with E-state index < -0.39 is 0 Å². The number of benzene rings is 1. The largest absolute Gasteiger partial charge is 0.493 e. The summed E-state index contributed by atoms with van der Waals surface area (Å²) in [6.45, 7) is 11.1. The van der Waals surface area contributed by atoms with E-state index in [-0.39, 0.29) is 36.0 Å². The number of nitrogens with zero attached hydrogens (tertiary/aromatic N) is 2. The Morgan fingerprint density at radius 2 is 1.92 bits per heavy atom. The van der Waals surface area contributed by atoms with Crippen LogP contribution in [0.15, 0.2) is 18.2 Å². The molecule has 2 aliphatic rings. The first kappa shape index (κ1) is 29.2. The number of hydrogen-bond acceptors (Lipinski definition) is 7. The molecule has 2 amide bonds. The highest BCUT2D eigenvalue weighted by atomic mass is 16.6. The number of amides is 2. The molecule has 37 heavy (non-hydrogen) atoms. The van der Waals surface area contributed by atoms with Gasteiger partial charge in [-0.2, -0.15) is 0 Å². The van der Waals surface area contributed by atoms with Gasteiger partial charge in [-0.1, -0.05) is 6.07 Å². The van der Waals surface area contributed by atoms with Crippen molar-refractivity contribution >= 4 is 12.0 Å². The molecule has 0 aromatic heterocycles. The van der Waals surface area contributed by atoms with Crippen LogP contribution in [0, 0.1) is 18.8 Å². The Morgan fingerprint density at radius 1 is 1.16 bits per heavy atom. The lowest BCUT2D eigenvalue weighted by molar-refractivity contribution is 0.0303. The van der Waals surface area contributed by atoms with Crippen LogP contribution in [-0.2, 0) is 14.2 Å². The number of nitrogens with one attached hydrogen (secondary N) is 1. The van der Waals surface area contributed by atoms with Crippen molar-refractivity contribution in [2.75, 3.05) is 66.8 Å². The summed E-state index contributed by atoms with van der Waals surface area (Å²) in [6, 6.07) is 5.70. The number of ether oxygens (including phenoxy) is 4. The average molecular weight is 520 g/mol. The van der Waals surface area contributed by atoms with Gasteiger partial charge in [0.15, 0.2) is 0 Å². The molecule has 0 bridgehead atoms. The van der Waals surface area contributed by atoms with Gasteiger partial charge < -0.3 is 34.1 Å². The fraction of sp³-hybridized carbons (Fsp3) is 0.714. The van der Waals surface area contributed by atoms with Gasteiger partial charge in [-0.05, 0) is 63.1 Å². The molecule has 1 N–H and O–H groups in total. The number of hydrogen-bond donors (Lipinski definition) is 1. The summed E-state index contributed by atoms with van der Waals surface area (Å²) in [5, 5.41) is 3.45. The summed E-state index contributed by atoms with van der Waals surface area (Å²) >= 11 is 0. The van der Waals surface area contributed by atoms with Crippen molar-refractivity contribution in [1.29, 1.82) is 0 Å². The standard InChI is InChI=1S/C28H45N3O6/c1-20(2)31(27(32)22-10-9-21(3)26(14-22)36-13-7-11-34-5)18-24-16-29-15-23(24)17-30(4)28(33)37-19-25-8-6-12-35-25/h9-10,14,20,23-25,29H,6-8,11-13,15-19H2,1-5H3/t23-,24-,25+/m0/s1. The van der Waals surface area contributed by atoms with Gasteiger partial charge >= 0.3 is 6.09 Å². The minimum atomic E-state index is -0.323. The zero-order valence-electron chi connectivity index (χ0n) is 23.2. The number of rotatable bonds is 13. The van der Waals surface area contributed by atoms with Crippen LogP contribution in [0.3, 0.4) is 0 Å².